The quantitative estimate of drug-likeness (QED) is 0.672. The van der Waals surface area contributed by atoms with Crippen LogP contribution in [0.15, 0.2) is 41.8 Å². The van der Waals surface area contributed by atoms with Gasteiger partial charge in [-0.3, -0.25) is 4.98 Å². The lowest BCUT2D eigenvalue weighted by Gasteiger charge is -1.91. The lowest BCUT2D eigenvalue weighted by Crippen LogP contribution is -1.88. The number of hydrogen-bond donors (Lipinski definition) is 0. The van der Waals surface area contributed by atoms with Crippen LogP contribution >= 0.6 is 32.0 Å². The maximum Gasteiger partial charge on any atom is 0.210 e. The van der Waals surface area contributed by atoms with Crippen molar-refractivity contribution in [1.29, 1.82) is 0 Å². The Morgan fingerprint density at radius 2 is 2.17 bits per heavy atom. The zero-order chi connectivity index (χ0) is 12.4. The van der Waals surface area contributed by atoms with Gasteiger partial charge >= 0.3 is 0 Å². The lowest BCUT2D eigenvalue weighted by molar-refractivity contribution is 1.30. The third-order valence-electron chi connectivity index (χ3n) is 2.23. The molecule has 0 aliphatic rings. The molecular weight excluding hydrogens is 282 g/mol. The van der Waals surface area contributed by atoms with Crippen LogP contribution in [-0.2, 0) is 0 Å². The largest absolute Gasteiger partial charge is 0.264 e. The highest BCUT2D eigenvalue weighted by atomic mass is 32.9. The molecule has 0 saturated heterocycles. The SMILES string of the molecule is Cc1cnc(/N=c2/cc(-c3cccnc3)ss2)s1. The number of thiazole rings is 1. The zero-order valence-corrected chi connectivity index (χ0v) is 12.0. The molecule has 0 saturated carbocycles. The Morgan fingerprint density at radius 1 is 1.22 bits per heavy atom. The summed E-state index contributed by atoms with van der Waals surface area (Å²) in [7, 11) is 3.38. The van der Waals surface area contributed by atoms with Gasteiger partial charge in [-0.2, -0.15) is 0 Å². The third-order valence-corrected chi connectivity index (χ3v) is 5.34. The average Bonchev–Trinajstić information content (AvgIpc) is 3.01. The number of rotatable bonds is 2. The van der Waals surface area contributed by atoms with Crippen LogP contribution in [0.5, 0.6) is 0 Å². The Morgan fingerprint density at radius 3 is 2.89 bits per heavy atom. The highest BCUT2D eigenvalue weighted by Crippen LogP contribution is 2.25. The fourth-order valence-corrected chi connectivity index (χ4v) is 4.26. The van der Waals surface area contributed by atoms with Crippen molar-refractivity contribution in [2.45, 2.75) is 6.92 Å². The van der Waals surface area contributed by atoms with E-state index in [0.29, 0.717) is 0 Å². The molecule has 0 unspecified atom stereocenters. The smallest absolute Gasteiger partial charge is 0.210 e. The molecule has 3 heterocycles. The minimum absolute atomic E-state index is 0.819. The van der Waals surface area contributed by atoms with Crippen molar-refractivity contribution in [3.05, 3.63) is 46.3 Å². The predicted molar refractivity (Wildman–Crippen MR) is 77.5 cm³/mol. The van der Waals surface area contributed by atoms with E-state index in [0.717, 1.165) is 15.4 Å². The summed E-state index contributed by atoms with van der Waals surface area (Å²) < 4.78 is 0.994. The maximum absolute atomic E-state index is 4.52. The number of aromatic nitrogens is 2. The van der Waals surface area contributed by atoms with Crippen LogP contribution in [0.2, 0.25) is 0 Å². The highest BCUT2D eigenvalue weighted by molar-refractivity contribution is 7.69. The van der Waals surface area contributed by atoms with E-state index >= 15 is 0 Å². The summed E-state index contributed by atoms with van der Waals surface area (Å²) in [6.07, 6.45) is 5.50. The van der Waals surface area contributed by atoms with E-state index in [1.54, 1.807) is 38.2 Å². The Labute approximate surface area is 116 Å². The van der Waals surface area contributed by atoms with Crippen molar-refractivity contribution in [3.63, 3.8) is 0 Å². The molecule has 3 rings (SSSR count). The van der Waals surface area contributed by atoms with Gasteiger partial charge in [0.1, 0.15) is 4.67 Å². The van der Waals surface area contributed by atoms with Gasteiger partial charge in [0.2, 0.25) is 5.13 Å². The van der Waals surface area contributed by atoms with Gasteiger partial charge in [0.25, 0.3) is 0 Å². The standard InChI is InChI=1S/C12H9N3S3/c1-8-6-14-12(16-8)15-11-5-10(17-18-11)9-3-2-4-13-7-9/h2-7H,1H3/b15-11-. The van der Waals surface area contributed by atoms with Gasteiger partial charge in [-0.25, -0.2) is 9.98 Å². The molecule has 0 bridgehead atoms. The predicted octanol–water partition coefficient (Wildman–Crippen LogP) is 3.87. The Bertz CT molecular complexity index is 709. The minimum atomic E-state index is 0.819. The fourth-order valence-electron chi connectivity index (χ4n) is 1.43. The molecule has 3 nitrogen and oxygen atoms in total. The normalized spacial score (nSPS) is 11.9. The average molecular weight is 291 g/mol. The maximum atomic E-state index is 4.52. The van der Waals surface area contributed by atoms with Gasteiger partial charge in [0, 0.05) is 33.9 Å². The molecule has 90 valence electrons. The van der Waals surface area contributed by atoms with E-state index in [2.05, 4.69) is 27.1 Å². The van der Waals surface area contributed by atoms with Gasteiger partial charge in [-0.1, -0.05) is 26.7 Å². The summed E-state index contributed by atoms with van der Waals surface area (Å²) in [5.74, 6) is 0. The van der Waals surface area contributed by atoms with Crippen molar-refractivity contribution >= 4 is 37.1 Å². The molecule has 3 aromatic rings. The Balaban J connectivity index is 1.97. The van der Waals surface area contributed by atoms with Crippen molar-refractivity contribution in [3.8, 4) is 10.4 Å². The fraction of sp³-hybridized carbons (Fsp3) is 0.0833. The zero-order valence-electron chi connectivity index (χ0n) is 9.53. The summed E-state index contributed by atoms with van der Waals surface area (Å²) >= 11 is 1.61. The van der Waals surface area contributed by atoms with Crippen LogP contribution in [0.1, 0.15) is 4.88 Å². The first kappa shape index (κ1) is 11.7. The number of nitrogens with zero attached hydrogens (tertiary/aromatic N) is 3. The second-order valence-corrected chi connectivity index (χ2v) is 7.03. The minimum Gasteiger partial charge on any atom is -0.264 e. The molecule has 0 spiro atoms. The molecule has 18 heavy (non-hydrogen) atoms. The Kier molecular flexibility index (Phi) is 3.31. The van der Waals surface area contributed by atoms with E-state index in [9.17, 15) is 0 Å². The molecule has 0 aliphatic heterocycles. The Hall–Kier alpha value is -1.37. The molecule has 0 aromatic carbocycles. The first-order chi connectivity index (χ1) is 8.81. The topological polar surface area (TPSA) is 38.1 Å². The highest BCUT2D eigenvalue weighted by Gasteiger charge is 2.01. The van der Waals surface area contributed by atoms with E-state index in [-0.39, 0.29) is 0 Å². The van der Waals surface area contributed by atoms with E-state index in [4.69, 9.17) is 0 Å². The molecule has 0 radical (unpaired) electrons. The summed E-state index contributed by atoms with van der Waals surface area (Å²) in [6, 6.07) is 6.09. The molecule has 0 N–H and O–H groups in total. The van der Waals surface area contributed by atoms with E-state index in [1.807, 2.05) is 25.4 Å². The number of pyridine rings is 1. The van der Waals surface area contributed by atoms with Crippen molar-refractivity contribution in [2.75, 3.05) is 0 Å². The van der Waals surface area contributed by atoms with Gasteiger partial charge in [0.05, 0.1) is 0 Å². The molecule has 0 aliphatic carbocycles. The second-order valence-electron chi connectivity index (χ2n) is 3.62. The third kappa shape index (κ3) is 2.55. The number of hydrogen-bond acceptors (Lipinski definition) is 6. The van der Waals surface area contributed by atoms with Crippen LogP contribution in [0, 0.1) is 6.92 Å². The molecule has 6 heteroatoms. The summed E-state index contributed by atoms with van der Waals surface area (Å²) in [5.41, 5.74) is 1.13. The summed E-state index contributed by atoms with van der Waals surface area (Å²) in [4.78, 5) is 15.3. The van der Waals surface area contributed by atoms with Gasteiger partial charge < -0.3 is 0 Å². The lowest BCUT2D eigenvalue weighted by atomic mass is 10.2. The van der Waals surface area contributed by atoms with E-state index in [1.165, 1.54) is 9.75 Å². The summed E-state index contributed by atoms with van der Waals surface area (Å²) in [6.45, 7) is 2.04. The molecular formula is C12H9N3S3. The van der Waals surface area contributed by atoms with Crippen molar-refractivity contribution in [1.82, 2.24) is 9.97 Å². The van der Waals surface area contributed by atoms with Crippen molar-refractivity contribution in [2.24, 2.45) is 4.99 Å². The van der Waals surface area contributed by atoms with E-state index < -0.39 is 0 Å². The molecule has 0 fully saturated rings. The monoisotopic (exact) mass is 291 g/mol. The molecule has 3 aromatic heterocycles. The summed E-state index contributed by atoms with van der Waals surface area (Å²) in [5, 5.41) is 0.819. The number of aryl methyl sites for hydroxylation is 1. The van der Waals surface area contributed by atoms with Gasteiger partial charge in [-0.15, -0.1) is 11.3 Å². The first-order valence-corrected chi connectivity index (χ1v) is 8.25. The van der Waals surface area contributed by atoms with Crippen LogP contribution in [0.4, 0.5) is 5.13 Å². The van der Waals surface area contributed by atoms with Gasteiger partial charge in [0.15, 0.2) is 0 Å². The van der Waals surface area contributed by atoms with Crippen molar-refractivity contribution < 1.29 is 0 Å². The van der Waals surface area contributed by atoms with Crippen LogP contribution in [-0.4, -0.2) is 9.97 Å². The van der Waals surface area contributed by atoms with Crippen LogP contribution < -0.4 is 4.67 Å². The molecule has 0 amide bonds. The van der Waals surface area contributed by atoms with Gasteiger partial charge in [-0.05, 0) is 19.1 Å². The van der Waals surface area contributed by atoms with Crippen LogP contribution in [0.25, 0.3) is 10.4 Å². The second kappa shape index (κ2) is 5.09. The first-order valence-electron chi connectivity index (χ1n) is 5.29. The molecule has 0 atom stereocenters. The van der Waals surface area contributed by atoms with Crippen LogP contribution in [0.3, 0.4) is 0 Å².